The Labute approximate surface area is 110 Å². The minimum absolute atomic E-state index is 0.00725. The lowest BCUT2D eigenvalue weighted by atomic mass is 10.0. The number of piperidine rings is 1. The van der Waals surface area contributed by atoms with Gasteiger partial charge in [-0.2, -0.15) is 17.0 Å². The zero-order valence-corrected chi connectivity index (χ0v) is 12.1. The molecule has 0 radical (unpaired) electrons. The molecule has 2 aliphatic rings. The number of unbranched alkanes of at least 4 members (excludes halogenated alkanes) is 1. The molecule has 2 saturated heterocycles. The summed E-state index contributed by atoms with van der Waals surface area (Å²) in [5.41, 5.74) is 0. The lowest BCUT2D eigenvalue weighted by Gasteiger charge is -2.38. The third kappa shape index (κ3) is 2.57. The molecule has 2 fully saturated rings. The van der Waals surface area contributed by atoms with Crippen LogP contribution < -0.4 is 0 Å². The molecule has 0 aromatic carbocycles. The van der Waals surface area contributed by atoms with Gasteiger partial charge in [0.25, 0.3) is 10.2 Å². The molecular formula is C12H24N2O3S. The van der Waals surface area contributed by atoms with Gasteiger partial charge in [-0.25, -0.2) is 0 Å². The highest BCUT2D eigenvalue weighted by Crippen LogP contribution is 2.38. The maximum Gasteiger partial charge on any atom is 0.282 e. The molecule has 0 spiro atoms. The average Bonchev–Trinajstić information content (AvgIpc) is 2.59. The van der Waals surface area contributed by atoms with Crippen LogP contribution in [-0.4, -0.2) is 53.9 Å². The molecule has 2 aliphatic heterocycles. The van der Waals surface area contributed by atoms with E-state index in [0.717, 1.165) is 25.7 Å². The molecule has 0 saturated carbocycles. The molecule has 0 amide bonds. The van der Waals surface area contributed by atoms with E-state index in [4.69, 9.17) is 0 Å². The highest BCUT2D eigenvalue weighted by Gasteiger charge is 2.47. The van der Waals surface area contributed by atoms with Crippen LogP contribution in [0.5, 0.6) is 0 Å². The minimum atomic E-state index is -3.34. The van der Waals surface area contributed by atoms with Crippen LogP contribution in [0.2, 0.25) is 0 Å². The molecule has 2 atom stereocenters. The molecule has 2 unspecified atom stereocenters. The summed E-state index contributed by atoms with van der Waals surface area (Å²) in [6.45, 7) is 2.64. The lowest BCUT2D eigenvalue weighted by Crippen LogP contribution is -2.52. The van der Waals surface area contributed by atoms with E-state index in [1.54, 1.807) is 11.4 Å². The highest BCUT2D eigenvalue weighted by molar-refractivity contribution is 7.86. The number of aliphatic hydroxyl groups is 1. The van der Waals surface area contributed by atoms with Crippen LogP contribution in [0.15, 0.2) is 0 Å². The van der Waals surface area contributed by atoms with Crippen molar-refractivity contribution in [3.05, 3.63) is 0 Å². The Balaban J connectivity index is 2.11. The highest BCUT2D eigenvalue weighted by atomic mass is 32.2. The Kier molecular flexibility index (Phi) is 4.31. The van der Waals surface area contributed by atoms with Gasteiger partial charge in [0.15, 0.2) is 0 Å². The second-order valence-electron chi connectivity index (χ2n) is 5.52. The lowest BCUT2D eigenvalue weighted by molar-refractivity contribution is 0.0741. The molecule has 18 heavy (non-hydrogen) atoms. The normalized spacial score (nSPS) is 33.2. The van der Waals surface area contributed by atoms with Crippen LogP contribution in [0.4, 0.5) is 0 Å². The largest absolute Gasteiger partial charge is 0.393 e. The van der Waals surface area contributed by atoms with E-state index in [2.05, 4.69) is 6.92 Å². The smallest absolute Gasteiger partial charge is 0.282 e. The van der Waals surface area contributed by atoms with E-state index < -0.39 is 10.2 Å². The molecule has 2 heterocycles. The molecule has 2 rings (SSSR count). The van der Waals surface area contributed by atoms with Gasteiger partial charge in [0.1, 0.15) is 0 Å². The zero-order valence-electron chi connectivity index (χ0n) is 11.2. The number of fused-ring (bicyclic) bond motifs is 2. The first kappa shape index (κ1) is 14.2. The molecule has 6 heteroatoms. The number of aliphatic hydroxyl groups excluding tert-OH is 1. The Hall–Kier alpha value is -0.170. The monoisotopic (exact) mass is 276 g/mol. The SMILES string of the molecule is CCCCN(C)S(=O)(=O)N1C2CCC1CC(O)C2. The quantitative estimate of drug-likeness (QED) is 0.813. The Morgan fingerprint density at radius 3 is 2.33 bits per heavy atom. The summed E-state index contributed by atoms with van der Waals surface area (Å²) >= 11 is 0. The molecule has 0 aliphatic carbocycles. The summed E-state index contributed by atoms with van der Waals surface area (Å²) in [5.74, 6) is 0. The minimum Gasteiger partial charge on any atom is -0.393 e. The third-order valence-electron chi connectivity index (χ3n) is 4.13. The van der Waals surface area contributed by atoms with Gasteiger partial charge in [-0.15, -0.1) is 0 Å². The summed E-state index contributed by atoms with van der Waals surface area (Å²) in [4.78, 5) is 0. The van der Waals surface area contributed by atoms with E-state index in [1.165, 1.54) is 4.31 Å². The summed E-state index contributed by atoms with van der Waals surface area (Å²) in [6, 6.07) is 0.0145. The van der Waals surface area contributed by atoms with Crippen LogP contribution in [0.1, 0.15) is 45.4 Å². The van der Waals surface area contributed by atoms with Gasteiger partial charge in [0, 0.05) is 25.7 Å². The topological polar surface area (TPSA) is 60.9 Å². The standard InChI is InChI=1S/C12H24N2O3S/c1-3-4-7-13(2)18(16,17)14-10-5-6-11(14)9-12(15)8-10/h10-12,15H,3-9H2,1-2H3. The maximum atomic E-state index is 12.5. The van der Waals surface area contributed by atoms with Crippen molar-refractivity contribution in [1.29, 1.82) is 0 Å². The fourth-order valence-electron chi connectivity index (χ4n) is 3.14. The first-order chi connectivity index (χ1) is 8.46. The van der Waals surface area contributed by atoms with Gasteiger partial charge in [-0.1, -0.05) is 13.3 Å². The molecular weight excluding hydrogens is 252 g/mol. The van der Waals surface area contributed by atoms with Crippen LogP contribution in [0, 0.1) is 0 Å². The predicted molar refractivity (Wildman–Crippen MR) is 70.3 cm³/mol. The van der Waals surface area contributed by atoms with E-state index >= 15 is 0 Å². The molecule has 0 aromatic rings. The third-order valence-corrected chi connectivity index (χ3v) is 6.23. The number of nitrogens with zero attached hydrogens (tertiary/aromatic N) is 2. The summed E-state index contributed by atoms with van der Waals surface area (Å²) in [5, 5.41) is 9.72. The van der Waals surface area contributed by atoms with Crippen LogP contribution >= 0.6 is 0 Å². The van der Waals surface area contributed by atoms with Crippen molar-refractivity contribution in [3.63, 3.8) is 0 Å². The van der Waals surface area contributed by atoms with Crippen molar-refractivity contribution < 1.29 is 13.5 Å². The summed E-state index contributed by atoms with van der Waals surface area (Å²) in [7, 11) is -1.68. The van der Waals surface area contributed by atoms with E-state index in [0.29, 0.717) is 19.4 Å². The van der Waals surface area contributed by atoms with Crippen molar-refractivity contribution in [1.82, 2.24) is 8.61 Å². The van der Waals surface area contributed by atoms with Crippen molar-refractivity contribution in [3.8, 4) is 0 Å². The van der Waals surface area contributed by atoms with Crippen molar-refractivity contribution in [2.75, 3.05) is 13.6 Å². The Morgan fingerprint density at radius 1 is 1.28 bits per heavy atom. The molecule has 5 nitrogen and oxygen atoms in total. The summed E-state index contributed by atoms with van der Waals surface area (Å²) < 4.78 is 28.2. The molecule has 0 aromatic heterocycles. The van der Waals surface area contributed by atoms with E-state index in [-0.39, 0.29) is 18.2 Å². The van der Waals surface area contributed by atoms with Crippen LogP contribution in [-0.2, 0) is 10.2 Å². The summed E-state index contributed by atoms with van der Waals surface area (Å²) in [6.07, 6.45) is 4.53. The first-order valence-corrected chi connectivity index (χ1v) is 8.29. The maximum absolute atomic E-state index is 12.5. The van der Waals surface area contributed by atoms with Gasteiger partial charge >= 0.3 is 0 Å². The van der Waals surface area contributed by atoms with Crippen LogP contribution in [0.3, 0.4) is 0 Å². The van der Waals surface area contributed by atoms with E-state index in [9.17, 15) is 13.5 Å². The van der Waals surface area contributed by atoms with Gasteiger partial charge < -0.3 is 5.11 Å². The van der Waals surface area contributed by atoms with Crippen molar-refractivity contribution in [2.45, 2.75) is 63.6 Å². The first-order valence-electron chi connectivity index (χ1n) is 6.89. The van der Waals surface area contributed by atoms with Gasteiger partial charge in [0.2, 0.25) is 0 Å². The average molecular weight is 276 g/mol. The zero-order chi connectivity index (χ0) is 13.3. The number of hydrogen-bond acceptors (Lipinski definition) is 3. The van der Waals surface area contributed by atoms with Crippen molar-refractivity contribution in [2.24, 2.45) is 0 Å². The molecule has 1 N–H and O–H groups in total. The Morgan fingerprint density at radius 2 is 1.83 bits per heavy atom. The molecule has 2 bridgehead atoms. The predicted octanol–water partition coefficient (Wildman–Crippen LogP) is 0.951. The van der Waals surface area contributed by atoms with Gasteiger partial charge in [-0.05, 0) is 32.1 Å². The molecule has 106 valence electrons. The fraction of sp³-hybridized carbons (Fsp3) is 1.00. The van der Waals surface area contributed by atoms with E-state index in [1.807, 2.05) is 0 Å². The fourth-order valence-corrected chi connectivity index (χ4v) is 4.96. The van der Waals surface area contributed by atoms with Crippen LogP contribution in [0.25, 0.3) is 0 Å². The second kappa shape index (κ2) is 5.45. The second-order valence-corrected chi connectivity index (χ2v) is 7.46. The van der Waals surface area contributed by atoms with Crippen molar-refractivity contribution >= 4 is 10.2 Å². The Bertz CT molecular complexity index is 371. The number of rotatable bonds is 5. The van der Waals surface area contributed by atoms with Gasteiger partial charge in [-0.3, -0.25) is 0 Å². The van der Waals surface area contributed by atoms with Gasteiger partial charge in [0.05, 0.1) is 6.10 Å². The number of hydrogen-bond donors (Lipinski definition) is 1.